The predicted octanol–water partition coefficient (Wildman–Crippen LogP) is 2.69. The van der Waals surface area contributed by atoms with Crippen LogP contribution in [0.25, 0.3) is 0 Å². The lowest BCUT2D eigenvalue weighted by molar-refractivity contribution is -0.132. The summed E-state index contributed by atoms with van der Waals surface area (Å²) in [6.45, 7) is 1.95. The number of carbonyl (C=O) groups excluding carboxylic acids is 1. The Balaban J connectivity index is 1.68. The quantitative estimate of drug-likeness (QED) is 0.872. The topological polar surface area (TPSA) is 47.4 Å². The smallest absolute Gasteiger partial charge is 0.244 e. The zero-order valence-corrected chi connectivity index (χ0v) is 13.5. The second-order valence-corrected chi connectivity index (χ2v) is 6.01. The summed E-state index contributed by atoms with van der Waals surface area (Å²) in [5, 5.41) is 4.13. The number of rotatable bonds is 4. The van der Waals surface area contributed by atoms with E-state index in [2.05, 4.69) is 17.2 Å². The number of hydrogen-bond donors (Lipinski definition) is 0. The summed E-state index contributed by atoms with van der Waals surface area (Å²) in [4.78, 5) is 14.5. The second kappa shape index (κ2) is 7.31. The molecule has 23 heavy (non-hydrogen) atoms. The molecule has 1 aromatic carbocycles. The Morgan fingerprint density at radius 3 is 2.83 bits per heavy atom. The third-order valence-corrected chi connectivity index (χ3v) is 4.47. The van der Waals surface area contributed by atoms with Gasteiger partial charge in [-0.25, -0.2) is 0 Å². The van der Waals surface area contributed by atoms with Crippen LogP contribution >= 0.6 is 0 Å². The Labute approximate surface area is 136 Å². The summed E-state index contributed by atoms with van der Waals surface area (Å²) in [6.07, 6.45) is 6.88. The molecule has 2 aromatic rings. The minimum absolute atomic E-state index is 0.147. The van der Waals surface area contributed by atoms with E-state index in [1.807, 2.05) is 29.3 Å². The van der Waals surface area contributed by atoms with E-state index >= 15 is 0 Å². The van der Waals surface area contributed by atoms with Crippen molar-refractivity contribution in [2.24, 2.45) is 0 Å². The standard InChI is InChI=1S/C18H23N3O2/c1-23-17-8-6-15(7-9-17)16-5-2-3-11-20(13-16)18(22)14-21-12-4-10-19-21/h4,6-10,12,16H,2-3,5,11,13-14H2,1H3. The van der Waals surface area contributed by atoms with Gasteiger partial charge in [0.05, 0.1) is 7.11 Å². The molecular weight excluding hydrogens is 290 g/mol. The minimum Gasteiger partial charge on any atom is -0.497 e. The third-order valence-electron chi connectivity index (χ3n) is 4.47. The summed E-state index contributed by atoms with van der Waals surface area (Å²) in [6, 6.07) is 10.1. The number of likely N-dealkylation sites (tertiary alicyclic amines) is 1. The maximum absolute atomic E-state index is 12.5. The molecule has 1 aromatic heterocycles. The van der Waals surface area contributed by atoms with Gasteiger partial charge in [0.15, 0.2) is 0 Å². The molecule has 122 valence electrons. The van der Waals surface area contributed by atoms with Crippen molar-refractivity contribution >= 4 is 5.91 Å². The van der Waals surface area contributed by atoms with Gasteiger partial charge in [0.1, 0.15) is 12.3 Å². The molecule has 5 heteroatoms. The van der Waals surface area contributed by atoms with Gasteiger partial charge >= 0.3 is 0 Å². The lowest BCUT2D eigenvalue weighted by Crippen LogP contribution is -2.36. The highest BCUT2D eigenvalue weighted by molar-refractivity contribution is 5.76. The maximum Gasteiger partial charge on any atom is 0.244 e. The molecular formula is C18H23N3O2. The van der Waals surface area contributed by atoms with E-state index in [0.29, 0.717) is 12.5 Å². The number of nitrogens with zero attached hydrogens (tertiary/aromatic N) is 3. The summed E-state index contributed by atoms with van der Waals surface area (Å²) in [5.74, 6) is 1.41. The average molecular weight is 313 g/mol. The van der Waals surface area contributed by atoms with Crippen molar-refractivity contribution in [3.05, 3.63) is 48.3 Å². The van der Waals surface area contributed by atoms with Crippen LogP contribution in [0.4, 0.5) is 0 Å². The Kier molecular flexibility index (Phi) is 4.95. The van der Waals surface area contributed by atoms with Crippen LogP contribution in [-0.4, -0.2) is 40.8 Å². The molecule has 1 atom stereocenters. The molecule has 5 nitrogen and oxygen atoms in total. The van der Waals surface area contributed by atoms with Crippen LogP contribution in [0.15, 0.2) is 42.7 Å². The fourth-order valence-corrected chi connectivity index (χ4v) is 3.15. The Bertz CT molecular complexity index is 622. The summed E-state index contributed by atoms with van der Waals surface area (Å²) < 4.78 is 6.92. The van der Waals surface area contributed by atoms with Gasteiger partial charge in [0.25, 0.3) is 0 Å². The third kappa shape index (κ3) is 3.92. The summed E-state index contributed by atoms with van der Waals surface area (Å²) in [5.41, 5.74) is 1.28. The number of aromatic nitrogens is 2. The number of ether oxygens (including phenoxy) is 1. The van der Waals surface area contributed by atoms with Crippen molar-refractivity contribution in [3.8, 4) is 5.75 Å². The monoisotopic (exact) mass is 313 g/mol. The minimum atomic E-state index is 0.147. The zero-order valence-electron chi connectivity index (χ0n) is 13.5. The van der Waals surface area contributed by atoms with Crippen LogP contribution in [0.3, 0.4) is 0 Å². The number of carbonyl (C=O) groups is 1. The van der Waals surface area contributed by atoms with E-state index in [9.17, 15) is 4.79 Å². The molecule has 1 aliphatic rings. The zero-order chi connectivity index (χ0) is 16.1. The highest BCUT2D eigenvalue weighted by Gasteiger charge is 2.23. The molecule has 1 unspecified atom stereocenters. The highest BCUT2D eigenvalue weighted by Crippen LogP contribution is 2.28. The molecule has 1 aliphatic heterocycles. The van der Waals surface area contributed by atoms with Crippen LogP contribution < -0.4 is 4.74 Å². The van der Waals surface area contributed by atoms with Crippen LogP contribution in [0.5, 0.6) is 5.75 Å². The average Bonchev–Trinajstić information content (AvgIpc) is 2.96. The number of amides is 1. The molecule has 0 N–H and O–H groups in total. The van der Waals surface area contributed by atoms with Crippen LogP contribution in [0.2, 0.25) is 0 Å². The number of methoxy groups -OCH3 is 1. The molecule has 0 spiro atoms. The fraction of sp³-hybridized carbons (Fsp3) is 0.444. The molecule has 1 amide bonds. The summed E-state index contributed by atoms with van der Waals surface area (Å²) >= 11 is 0. The Hall–Kier alpha value is -2.30. The first-order valence-electron chi connectivity index (χ1n) is 8.15. The van der Waals surface area contributed by atoms with Crippen molar-refractivity contribution in [1.82, 2.24) is 14.7 Å². The van der Waals surface area contributed by atoms with E-state index in [0.717, 1.165) is 38.1 Å². The molecule has 0 aliphatic carbocycles. The van der Waals surface area contributed by atoms with Gasteiger partial charge < -0.3 is 9.64 Å². The van der Waals surface area contributed by atoms with Gasteiger partial charge in [-0.3, -0.25) is 9.48 Å². The van der Waals surface area contributed by atoms with Gasteiger partial charge in [-0.05, 0) is 36.6 Å². The predicted molar refractivity (Wildman–Crippen MR) is 88.4 cm³/mol. The highest BCUT2D eigenvalue weighted by atomic mass is 16.5. The van der Waals surface area contributed by atoms with Crippen LogP contribution in [0, 0.1) is 0 Å². The van der Waals surface area contributed by atoms with Gasteiger partial charge in [-0.2, -0.15) is 5.10 Å². The Morgan fingerprint density at radius 2 is 2.13 bits per heavy atom. The lowest BCUT2D eigenvalue weighted by atomic mass is 9.94. The number of hydrogen-bond acceptors (Lipinski definition) is 3. The van der Waals surface area contributed by atoms with Crippen molar-refractivity contribution in [1.29, 1.82) is 0 Å². The molecule has 1 saturated heterocycles. The molecule has 3 rings (SSSR count). The summed E-state index contributed by atoms with van der Waals surface area (Å²) in [7, 11) is 1.68. The first-order valence-corrected chi connectivity index (χ1v) is 8.15. The van der Waals surface area contributed by atoms with Crippen molar-refractivity contribution < 1.29 is 9.53 Å². The molecule has 0 saturated carbocycles. The van der Waals surface area contributed by atoms with Gasteiger partial charge in [0, 0.05) is 31.4 Å². The van der Waals surface area contributed by atoms with Crippen LogP contribution in [0.1, 0.15) is 30.7 Å². The van der Waals surface area contributed by atoms with Gasteiger partial charge in [0.2, 0.25) is 5.91 Å². The van der Waals surface area contributed by atoms with Gasteiger partial charge in [-0.15, -0.1) is 0 Å². The van der Waals surface area contributed by atoms with Crippen LogP contribution in [-0.2, 0) is 11.3 Å². The molecule has 0 bridgehead atoms. The van der Waals surface area contributed by atoms with E-state index < -0.39 is 0 Å². The SMILES string of the molecule is COc1ccc(C2CCCCN(C(=O)Cn3cccn3)C2)cc1. The maximum atomic E-state index is 12.5. The Morgan fingerprint density at radius 1 is 1.30 bits per heavy atom. The lowest BCUT2D eigenvalue weighted by Gasteiger charge is -2.25. The van der Waals surface area contributed by atoms with Crippen molar-refractivity contribution in [2.75, 3.05) is 20.2 Å². The van der Waals surface area contributed by atoms with E-state index in [1.54, 1.807) is 18.0 Å². The fourth-order valence-electron chi connectivity index (χ4n) is 3.15. The van der Waals surface area contributed by atoms with E-state index in [4.69, 9.17) is 4.74 Å². The van der Waals surface area contributed by atoms with Crippen molar-refractivity contribution in [3.63, 3.8) is 0 Å². The van der Waals surface area contributed by atoms with Gasteiger partial charge in [-0.1, -0.05) is 18.6 Å². The van der Waals surface area contributed by atoms with E-state index in [1.165, 1.54) is 5.56 Å². The largest absolute Gasteiger partial charge is 0.497 e. The normalized spacial score (nSPS) is 18.5. The van der Waals surface area contributed by atoms with E-state index in [-0.39, 0.29) is 5.91 Å². The second-order valence-electron chi connectivity index (χ2n) is 6.01. The molecule has 2 heterocycles. The molecule has 0 radical (unpaired) electrons. The first-order chi connectivity index (χ1) is 11.3. The first kappa shape index (κ1) is 15.6. The van der Waals surface area contributed by atoms with Crippen molar-refractivity contribution in [2.45, 2.75) is 31.7 Å². The molecule has 1 fully saturated rings. The number of benzene rings is 1.